The number of nitrogens with one attached hydrogen (secondary N) is 2. The Morgan fingerprint density at radius 1 is 1.50 bits per heavy atom. The fraction of sp³-hybridized carbons (Fsp3) is 0.692. The zero-order valence-electron chi connectivity index (χ0n) is 11.9. The number of piperidine rings is 1. The first-order valence-corrected chi connectivity index (χ1v) is 9.14. The van der Waals surface area contributed by atoms with Crippen LogP contribution in [0.1, 0.15) is 31.6 Å². The van der Waals surface area contributed by atoms with E-state index in [1.165, 1.54) is 11.3 Å². The number of halogens is 1. The standard InChI is InChI=1S/C13H22N2O2S2.ClH/c1-3-12-6-7-13(18-12)19(16,17)15-10(2)11-5-4-8-14-9-11;/h6-7,10-11,14-15H,3-5,8-9H2,1-2H3;1H. The average molecular weight is 339 g/mol. The lowest BCUT2D eigenvalue weighted by molar-refractivity contribution is 0.320. The third-order valence-electron chi connectivity index (χ3n) is 3.63. The highest BCUT2D eigenvalue weighted by atomic mass is 35.5. The van der Waals surface area contributed by atoms with E-state index in [9.17, 15) is 8.42 Å². The molecule has 116 valence electrons. The lowest BCUT2D eigenvalue weighted by atomic mass is 9.94. The molecule has 0 spiro atoms. The van der Waals surface area contributed by atoms with Gasteiger partial charge in [-0.25, -0.2) is 13.1 Å². The van der Waals surface area contributed by atoms with E-state index in [-0.39, 0.29) is 18.4 Å². The van der Waals surface area contributed by atoms with Crippen LogP contribution in [0.4, 0.5) is 0 Å². The second kappa shape index (κ2) is 7.75. The van der Waals surface area contributed by atoms with Crippen LogP contribution in [0.15, 0.2) is 16.3 Å². The van der Waals surface area contributed by atoms with E-state index in [1.807, 2.05) is 19.9 Å². The molecule has 4 nitrogen and oxygen atoms in total. The van der Waals surface area contributed by atoms with Crippen molar-refractivity contribution >= 4 is 33.8 Å². The van der Waals surface area contributed by atoms with E-state index >= 15 is 0 Å². The van der Waals surface area contributed by atoms with E-state index in [4.69, 9.17) is 0 Å². The van der Waals surface area contributed by atoms with Crippen molar-refractivity contribution < 1.29 is 8.42 Å². The summed E-state index contributed by atoms with van der Waals surface area (Å²) in [5.74, 6) is 0.383. The molecule has 0 bridgehead atoms. The molecule has 1 aromatic rings. The Morgan fingerprint density at radius 2 is 2.25 bits per heavy atom. The van der Waals surface area contributed by atoms with Crippen molar-refractivity contribution in [3.05, 3.63) is 17.0 Å². The van der Waals surface area contributed by atoms with Crippen molar-refractivity contribution in [3.63, 3.8) is 0 Å². The number of hydrogen-bond acceptors (Lipinski definition) is 4. The summed E-state index contributed by atoms with van der Waals surface area (Å²) in [5.41, 5.74) is 0. The lowest BCUT2D eigenvalue weighted by Gasteiger charge is -2.28. The fourth-order valence-electron chi connectivity index (χ4n) is 2.40. The van der Waals surface area contributed by atoms with Gasteiger partial charge in [-0.15, -0.1) is 23.7 Å². The molecule has 2 atom stereocenters. The molecule has 2 unspecified atom stereocenters. The molecule has 1 fully saturated rings. The third-order valence-corrected chi connectivity index (χ3v) is 6.91. The van der Waals surface area contributed by atoms with Gasteiger partial charge in [-0.3, -0.25) is 0 Å². The molecule has 0 amide bonds. The first-order chi connectivity index (χ1) is 9.03. The van der Waals surface area contributed by atoms with Gasteiger partial charge in [0.15, 0.2) is 0 Å². The van der Waals surface area contributed by atoms with Crippen molar-refractivity contribution in [1.82, 2.24) is 10.0 Å². The van der Waals surface area contributed by atoms with Crippen molar-refractivity contribution in [2.45, 2.75) is 43.4 Å². The smallest absolute Gasteiger partial charge is 0.250 e. The summed E-state index contributed by atoms with van der Waals surface area (Å²) >= 11 is 1.36. The molecule has 2 heterocycles. The van der Waals surface area contributed by atoms with Gasteiger partial charge in [0.05, 0.1) is 0 Å². The molecule has 1 saturated heterocycles. The second-order valence-electron chi connectivity index (χ2n) is 5.09. The van der Waals surface area contributed by atoms with Gasteiger partial charge in [-0.1, -0.05) is 6.92 Å². The predicted octanol–water partition coefficient (Wildman–Crippen LogP) is 2.40. The van der Waals surface area contributed by atoms with Crippen LogP contribution in [-0.2, 0) is 16.4 Å². The van der Waals surface area contributed by atoms with Crippen LogP contribution < -0.4 is 10.0 Å². The Bertz CT molecular complexity index is 510. The van der Waals surface area contributed by atoms with E-state index in [1.54, 1.807) is 6.07 Å². The van der Waals surface area contributed by atoms with E-state index < -0.39 is 10.0 Å². The molecule has 2 N–H and O–H groups in total. The molecule has 1 aromatic heterocycles. The maximum absolute atomic E-state index is 12.3. The van der Waals surface area contributed by atoms with Crippen LogP contribution in [0.3, 0.4) is 0 Å². The van der Waals surface area contributed by atoms with Gasteiger partial charge < -0.3 is 5.32 Å². The molecular weight excluding hydrogens is 316 g/mol. The highest BCUT2D eigenvalue weighted by Gasteiger charge is 2.25. The Kier molecular flexibility index (Phi) is 6.94. The summed E-state index contributed by atoms with van der Waals surface area (Å²) in [4.78, 5) is 1.10. The van der Waals surface area contributed by atoms with Crippen LogP contribution in [0, 0.1) is 5.92 Å². The summed E-state index contributed by atoms with van der Waals surface area (Å²) in [7, 11) is -3.36. The number of sulfonamides is 1. The molecule has 0 aromatic carbocycles. The molecule has 0 saturated carbocycles. The van der Waals surface area contributed by atoms with Crippen molar-refractivity contribution in [2.75, 3.05) is 13.1 Å². The van der Waals surface area contributed by atoms with Crippen LogP contribution in [0.5, 0.6) is 0 Å². The van der Waals surface area contributed by atoms with E-state index in [0.717, 1.165) is 37.2 Å². The fourth-order valence-corrected chi connectivity index (χ4v) is 5.02. The van der Waals surface area contributed by atoms with Crippen molar-refractivity contribution in [3.8, 4) is 0 Å². The zero-order valence-corrected chi connectivity index (χ0v) is 14.3. The summed E-state index contributed by atoms with van der Waals surface area (Å²) in [6, 6.07) is 3.58. The third kappa shape index (κ3) is 4.43. The Balaban J connectivity index is 0.00000200. The highest BCUT2D eigenvalue weighted by molar-refractivity contribution is 7.91. The summed E-state index contributed by atoms with van der Waals surface area (Å²) in [6.07, 6.45) is 3.08. The number of rotatable bonds is 5. The maximum Gasteiger partial charge on any atom is 0.250 e. The number of thiophene rings is 1. The molecule has 20 heavy (non-hydrogen) atoms. The Hall–Kier alpha value is -0.140. The minimum atomic E-state index is -3.36. The van der Waals surface area contributed by atoms with Gasteiger partial charge in [0, 0.05) is 10.9 Å². The highest BCUT2D eigenvalue weighted by Crippen LogP contribution is 2.23. The van der Waals surface area contributed by atoms with Gasteiger partial charge in [0.1, 0.15) is 4.21 Å². The summed E-state index contributed by atoms with van der Waals surface area (Å²) in [5, 5.41) is 3.32. The Morgan fingerprint density at radius 3 is 2.80 bits per heavy atom. The largest absolute Gasteiger partial charge is 0.316 e. The summed E-state index contributed by atoms with van der Waals surface area (Å²) < 4.78 is 27.8. The van der Waals surface area contributed by atoms with Crippen molar-refractivity contribution in [1.29, 1.82) is 0 Å². The SMILES string of the molecule is CCc1ccc(S(=O)(=O)NC(C)C2CCCNC2)s1.Cl. The van der Waals surface area contributed by atoms with Gasteiger partial charge in [0.2, 0.25) is 10.0 Å². The first-order valence-electron chi connectivity index (χ1n) is 6.84. The molecule has 1 aliphatic rings. The van der Waals surface area contributed by atoms with E-state index in [0.29, 0.717) is 10.1 Å². The topological polar surface area (TPSA) is 58.2 Å². The molecule has 1 aliphatic heterocycles. The van der Waals surface area contributed by atoms with Crippen LogP contribution in [0.25, 0.3) is 0 Å². The van der Waals surface area contributed by atoms with Crippen molar-refractivity contribution in [2.24, 2.45) is 5.92 Å². The normalized spacial score (nSPS) is 21.2. The minimum absolute atomic E-state index is 0. The average Bonchev–Trinajstić information content (AvgIpc) is 2.89. The van der Waals surface area contributed by atoms with Gasteiger partial charge in [0.25, 0.3) is 0 Å². The quantitative estimate of drug-likeness (QED) is 0.866. The molecular formula is C13H23ClN2O2S2. The van der Waals surface area contributed by atoms with Gasteiger partial charge in [-0.2, -0.15) is 0 Å². The number of aryl methyl sites for hydroxylation is 1. The van der Waals surface area contributed by atoms with Crippen LogP contribution in [-0.4, -0.2) is 27.5 Å². The summed E-state index contributed by atoms with van der Waals surface area (Å²) in [6.45, 7) is 5.94. The van der Waals surface area contributed by atoms with Gasteiger partial charge in [-0.05, 0) is 57.3 Å². The predicted molar refractivity (Wildman–Crippen MR) is 86.3 cm³/mol. The monoisotopic (exact) mass is 338 g/mol. The molecule has 0 aliphatic carbocycles. The maximum atomic E-state index is 12.3. The number of hydrogen-bond donors (Lipinski definition) is 2. The minimum Gasteiger partial charge on any atom is -0.316 e. The van der Waals surface area contributed by atoms with Gasteiger partial charge >= 0.3 is 0 Å². The van der Waals surface area contributed by atoms with Crippen LogP contribution >= 0.6 is 23.7 Å². The zero-order chi connectivity index (χ0) is 13.9. The second-order valence-corrected chi connectivity index (χ2v) is 8.20. The Labute approximate surface area is 131 Å². The molecule has 7 heteroatoms. The lowest BCUT2D eigenvalue weighted by Crippen LogP contribution is -2.44. The van der Waals surface area contributed by atoms with Crippen LogP contribution in [0.2, 0.25) is 0 Å². The molecule has 2 rings (SSSR count). The molecule has 0 radical (unpaired) electrons. The van der Waals surface area contributed by atoms with E-state index in [2.05, 4.69) is 10.0 Å². The first kappa shape index (κ1) is 17.9.